The molecular weight excluding hydrogens is 510 g/mol. The molecule has 0 aromatic heterocycles. The molecule has 0 aliphatic heterocycles. The van der Waals surface area contributed by atoms with E-state index in [0.717, 1.165) is 76.9 Å². The van der Waals surface area contributed by atoms with E-state index in [4.69, 9.17) is 4.74 Å². The summed E-state index contributed by atoms with van der Waals surface area (Å²) >= 11 is 0. The van der Waals surface area contributed by atoms with Gasteiger partial charge in [0.05, 0.1) is 13.2 Å². The maximum absolute atomic E-state index is 12.5. The topological polar surface area (TPSA) is 66.8 Å². The fourth-order valence-electron chi connectivity index (χ4n) is 6.40. The molecule has 0 aromatic rings. The Labute approximate surface area is 254 Å². The number of Topliss-reactive ketones (excluding diaryl/α,β-unsaturated/α-hetero) is 1. The maximum Gasteiger partial charge on any atom is 0.305 e. The van der Waals surface area contributed by atoms with Crippen molar-refractivity contribution in [2.45, 2.75) is 174 Å². The molecule has 41 heavy (non-hydrogen) atoms. The highest BCUT2D eigenvalue weighted by Gasteiger charge is 2.22. The molecule has 1 saturated carbocycles. The van der Waals surface area contributed by atoms with E-state index in [1.807, 2.05) is 0 Å². The summed E-state index contributed by atoms with van der Waals surface area (Å²) in [7, 11) is 0. The Kier molecular flexibility index (Phi) is 25.9. The molecule has 0 radical (unpaired) electrons. The van der Waals surface area contributed by atoms with E-state index < -0.39 is 0 Å². The molecule has 1 fully saturated rings. The van der Waals surface area contributed by atoms with Gasteiger partial charge in [-0.25, -0.2) is 0 Å². The van der Waals surface area contributed by atoms with Crippen molar-refractivity contribution in [3.05, 3.63) is 0 Å². The van der Waals surface area contributed by atoms with Gasteiger partial charge in [-0.15, -0.1) is 0 Å². The predicted molar refractivity (Wildman–Crippen MR) is 173 cm³/mol. The van der Waals surface area contributed by atoms with Crippen LogP contribution >= 0.6 is 0 Å². The Morgan fingerprint density at radius 3 is 1.83 bits per heavy atom. The van der Waals surface area contributed by atoms with Gasteiger partial charge in [0.15, 0.2) is 0 Å². The first-order valence-electron chi connectivity index (χ1n) is 18.1. The van der Waals surface area contributed by atoms with Gasteiger partial charge in [0.1, 0.15) is 5.78 Å². The highest BCUT2D eigenvalue weighted by Crippen LogP contribution is 2.33. The van der Waals surface area contributed by atoms with Crippen molar-refractivity contribution in [2.75, 3.05) is 32.8 Å². The number of carbonyl (C=O) groups is 2. The van der Waals surface area contributed by atoms with Gasteiger partial charge >= 0.3 is 5.97 Å². The third-order valence-electron chi connectivity index (χ3n) is 9.16. The standard InChI is InChI=1S/C36H69NO4/c1-3-5-7-13-19-31-41-36(40)22-16-11-9-8-10-12-17-27-37(29-30-38)28-18-14-15-21-35(39)32-34-25-23-33(24-26-34)20-6-4-2/h33-34,38H,3-32H2,1-2H3. The van der Waals surface area contributed by atoms with Crippen LogP contribution in [-0.2, 0) is 14.3 Å². The minimum absolute atomic E-state index is 0.0220. The summed E-state index contributed by atoms with van der Waals surface area (Å²) in [6.07, 6.45) is 28.8. The molecule has 0 saturated heterocycles. The SMILES string of the molecule is CCCCCCCOC(=O)CCCCCCCCCN(CCO)CCCCCC(=O)CC1CCC(CCCC)CC1. The molecule has 1 N–H and O–H groups in total. The number of unbranched alkanes of at least 4 members (excludes halogenated alkanes) is 13. The number of aliphatic hydroxyl groups is 1. The number of ketones is 1. The number of hydrogen-bond donors (Lipinski definition) is 1. The van der Waals surface area contributed by atoms with Gasteiger partial charge in [-0.3, -0.25) is 9.59 Å². The lowest BCUT2D eigenvalue weighted by molar-refractivity contribution is -0.143. The van der Waals surface area contributed by atoms with Crippen molar-refractivity contribution in [2.24, 2.45) is 11.8 Å². The molecule has 1 aliphatic rings. The van der Waals surface area contributed by atoms with Crippen LogP contribution in [0.2, 0.25) is 0 Å². The zero-order valence-corrected chi connectivity index (χ0v) is 27.5. The lowest BCUT2D eigenvalue weighted by Crippen LogP contribution is -2.29. The Morgan fingerprint density at radius 1 is 0.634 bits per heavy atom. The smallest absolute Gasteiger partial charge is 0.305 e. The van der Waals surface area contributed by atoms with E-state index in [-0.39, 0.29) is 12.6 Å². The minimum Gasteiger partial charge on any atom is -0.466 e. The number of hydrogen-bond acceptors (Lipinski definition) is 5. The van der Waals surface area contributed by atoms with E-state index >= 15 is 0 Å². The molecule has 1 rings (SSSR count). The van der Waals surface area contributed by atoms with Gasteiger partial charge in [0.2, 0.25) is 0 Å². The molecule has 0 unspecified atom stereocenters. The second-order valence-corrected chi connectivity index (χ2v) is 13.0. The van der Waals surface area contributed by atoms with Crippen molar-refractivity contribution in [1.82, 2.24) is 4.90 Å². The van der Waals surface area contributed by atoms with Gasteiger partial charge in [0, 0.05) is 25.8 Å². The summed E-state index contributed by atoms with van der Waals surface area (Å²) in [4.78, 5) is 26.7. The third kappa shape index (κ3) is 23.2. The quantitative estimate of drug-likeness (QED) is 0.0706. The molecule has 5 nitrogen and oxygen atoms in total. The first-order chi connectivity index (χ1) is 20.1. The molecule has 0 spiro atoms. The van der Waals surface area contributed by atoms with Crippen LogP contribution in [0, 0.1) is 11.8 Å². The third-order valence-corrected chi connectivity index (χ3v) is 9.16. The van der Waals surface area contributed by atoms with E-state index in [2.05, 4.69) is 18.7 Å². The van der Waals surface area contributed by atoms with Crippen molar-refractivity contribution < 1.29 is 19.4 Å². The number of carbonyl (C=O) groups excluding carboxylic acids is 2. The highest BCUT2D eigenvalue weighted by atomic mass is 16.5. The number of ether oxygens (including phenoxy) is 1. The van der Waals surface area contributed by atoms with Gasteiger partial charge < -0.3 is 14.7 Å². The second kappa shape index (κ2) is 27.9. The zero-order valence-electron chi connectivity index (χ0n) is 27.5. The summed E-state index contributed by atoms with van der Waals surface area (Å²) in [5.74, 6) is 2.04. The summed E-state index contributed by atoms with van der Waals surface area (Å²) in [5.41, 5.74) is 0. The minimum atomic E-state index is -0.0220. The molecule has 0 aromatic carbocycles. The largest absolute Gasteiger partial charge is 0.466 e. The fourth-order valence-corrected chi connectivity index (χ4v) is 6.40. The first-order valence-corrected chi connectivity index (χ1v) is 18.1. The van der Waals surface area contributed by atoms with E-state index in [1.165, 1.54) is 103 Å². The van der Waals surface area contributed by atoms with Gasteiger partial charge in [-0.2, -0.15) is 0 Å². The molecule has 0 amide bonds. The average molecular weight is 580 g/mol. The molecule has 0 heterocycles. The number of rotatable bonds is 29. The average Bonchev–Trinajstić information content (AvgIpc) is 2.97. The molecular formula is C36H69NO4. The zero-order chi connectivity index (χ0) is 29.8. The van der Waals surface area contributed by atoms with Crippen LogP contribution in [-0.4, -0.2) is 54.6 Å². The van der Waals surface area contributed by atoms with Crippen LogP contribution in [0.4, 0.5) is 0 Å². The van der Waals surface area contributed by atoms with E-state index in [9.17, 15) is 14.7 Å². The summed E-state index contributed by atoms with van der Waals surface area (Å²) in [6, 6.07) is 0. The summed E-state index contributed by atoms with van der Waals surface area (Å²) in [5, 5.41) is 9.46. The number of esters is 1. The molecule has 1 aliphatic carbocycles. The number of aliphatic hydroxyl groups excluding tert-OH is 1. The molecule has 0 atom stereocenters. The van der Waals surface area contributed by atoms with Crippen LogP contribution in [0.25, 0.3) is 0 Å². The maximum atomic E-state index is 12.5. The van der Waals surface area contributed by atoms with Crippen molar-refractivity contribution in [3.8, 4) is 0 Å². The fraction of sp³-hybridized carbons (Fsp3) is 0.944. The van der Waals surface area contributed by atoms with Crippen molar-refractivity contribution in [3.63, 3.8) is 0 Å². The molecule has 242 valence electrons. The highest BCUT2D eigenvalue weighted by molar-refractivity contribution is 5.78. The Bertz CT molecular complexity index is 602. The van der Waals surface area contributed by atoms with Gasteiger partial charge in [-0.05, 0) is 69.9 Å². The van der Waals surface area contributed by atoms with Gasteiger partial charge in [0.25, 0.3) is 0 Å². The van der Waals surface area contributed by atoms with Crippen LogP contribution in [0.15, 0.2) is 0 Å². The normalized spacial score (nSPS) is 17.3. The van der Waals surface area contributed by atoms with Crippen LogP contribution in [0.3, 0.4) is 0 Å². The van der Waals surface area contributed by atoms with Crippen LogP contribution in [0.5, 0.6) is 0 Å². The van der Waals surface area contributed by atoms with E-state index in [1.54, 1.807) is 0 Å². The summed E-state index contributed by atoms with van der Waals surface area (Å²) in [6.45, 7) is 8.16. The first kappa shape index (κ1) is 38.1. The summed E-state index contributed by atoms with van der Waals surface area (Å²) < 4.78 is 5.34. The predicted octanol–water partition coefficient (Wildman–Crippen LogP) is 9.43. The lowest BCUT2D eigenvalue weighted by Gasteiger charge is -2.28. The Hall–Kier alpha value is -0.940. The molecule has 0 bridgehead atoms. The van der Waals surface area contributed by atoms with Crippen LogP contribution in [0.1, 0.15) is 174 Å². The Morgan fingerprint density at radius 2 is 1.17 bits per heavy atom. The lowest BCUT2D eigenvalue weighted by atomic mass is 9.78. The van der Waals surface area contributed by atoms with Crippen molar-refractivity contribution >= 4 is 11.8 Å². The second-order valence-electron chi connectivity index (χ2n) is 13.0. The monoisotopic (exact) mass is 580 g/mol. The van der Waals surface area contributed by atoms with Crippen molar-refractivity contribution in [1.29, 1.82) is 0 Å². The van der Waals surface area contributed by atoms with Gasteiger partial charge in [-0.1, -0.05) is 110 Å². The van der Waals surface area contributed by atoms with Crippen LogP contribution < -0.4 is 0 Å². The Balaban J connectivity index is 1.94. The van der Waals surface area contributed by atoms with E-state index in [0.29, 0.717) is 24.7 Å². The molecule has 5 heteroatoms. The number of nitrogens with zero attached hydrogens (tertiary/aromatic N) is 1.